The zero-order valence-electron chi connectivity index (χ0n) is 32.1. The Kier molecular flexibility index (Phi) is 11.8. The lowest BCUT2D eigenvalue weighted by Gasteiger charge is -2.26. The van der Waals surface area contributed by atoms with Crippen LogP contribution in [0, 0.1) is 0 Å². The molecule has 13 heteroatoms. The highest BCUT2D eigenvalue weighted by Crippen LogP contribution is 2.28. The molecule has 1 fully saturated rings. The Morgan fingerprint density at radius 3 is 1.56 bits per heavy atom. The molecule has 13 nitrogen and oxygen atoms in total. The van der Waals surface area contributed by atoms with Crippen molar-refractivity contribution in [2.24, 2.45) is 0 Å². The molecule has 1 saturated heterocycles. The van der Waals surface area contributed by atoms with E-state index in [0.29, 0.717) is 6.73 Å². The molecule has 57 heavy (non-hydrogen) atoms. The largest absolute Gasteiger partial charge is 0.494 e. The molecule has 0 saturated carbocycles. The number of morpholine rings is 1. The maximum absolute atomic E-state index is 5.89. The minimum Gasteiger partial charge on any atom is -0.494 e. The average Bonchev–Trinajstić information content (AvgIpc) is 3.90. The molecule has 0 atom stereocenters. The Morgan fingerprint density at radius 2 is 1.07 bits per heavy atom. The van der Waals surface area contributed by atoms with Gasteiger partial charge in [-0.3, -0.25) is 14.9 Å². The lowest BCUT2D eigenvalue weighted by molar-refractivity contribution is 0.00408. The molecular weight excluding hydrogens is 717 g/mol. The first-order valence-electron chi connectivity index (χ1n) is 19.0. The Hall–Kier alpha value is -6.54. The van der Waals surface area contributed by atoms with Gasteiger partial charge in [0, 0.05) is 91.5 Å². The minimum atomic E-state index is 0.585. The Bertz CT molecular complexity index is 2480. The Balaban J connectivity index is 0.000000160. The highest BCUT2D eigenvalue weighted by Gasteiger charge is 2.13. The number of fused-ring (bicyclic) bond motifs is 2. The zero-order valence-corrected chi connectivity index (χ0v) is 32.1. The highest BCUT2D eigenvalue weighted by molar-refractivity contribution is 5.78. The van der Waals surface area contributed by atoms with Gasteiger partial charge in [-0.25, -0.2) is 19.0 Å². The third-order valence-corrected chi connectivity index (χ3v) is 9.61. The number of ether oxygens (including phenoxy) is 3. The number of aromatic nitrogens is 8. The van der Waals surface area contributed by atoms with E-state index in [2.05, 4.69) is 66.2 Å². The van der Waals surface area contributed by atoms with Crippen LogP contribution in [0.5, 0.6) is 11.5 Å². The predicted molar refractivity (Wildman–Crippen MR) is 220 cm³/mol. The van der Waals surface area contributed by atoms with Gasteiger partial charge in [0.1, 0.15) is 18.2 Å². The van der Waals surface area contributed by atoms with Crippen LogP contribution in [0.2, 0.25) is 0 Å². The summed E-state index contributed by atoms with van der Waals surface area (Å²) in [7, 11) is 4.14. The van der Waals surface area contributed by atoms with Crippen LogP contribution in [0.4, 0.5) is 0 Å². The van der Waals surface area contributed by atoms with Crippen LogP contribution in [0.1, 0.15) is 6.42 Å². The van der Waals surface area contributed by atoms with E-state index >= 15 is 0 Å². The monoisotopic (exact) mass is 760 g/mol. The Morgan fingerprint density at radius 1 is 0.579 bits per heavy atom. The molecule has 8 aromatic rings. The van der Waals surface area contributed by atoms with Gasteiger partial charge in [0.05, 0.1) is 32.2 Å². The smallest absolute Gasteiger partial charge is 0.162 e. The lowest BCUT2D eigenvalue weighted by Crippen LogP contribution is -2.38. The summed E-state index contributed by atoms with van der Waals surface area (Å²) in [5.74, 6) is 1.74. The first-order valence-corrected chi connectivity index (χ1v) is 19.0. The van der Waals surface area contributed by atoms with Crippen molar-refractivity contribution in [3.63, 3.8) is 0 Å². The fraction of sp³-hybridized carbons (Fsp3) is 0.227. The van der Waals surface area contributed by atoms with Crippen LogP contribution in [-0.2, 0) is 4.74 Å². The summed E-state index contributed by atoms with van der Waals surface area (Å²) in [5.41, 5.74) is 9.91. The van der Waals surface area contributed by atoms with Gasteiger partial charge in [-0.15, -0.1) is 0 Å². The van der Waals surface area contributed by atoms with Crippen molar-refractivity contribution in [2.45, 2.75) is 6.42 Å². The molecular formula is C44H44N10O3. The average molecular weight is 761 g/mol. The van der Waals surface area contributed by atoms with E-state index in [1.807, 2.05) is 107 Å². The fourth-order valence-electron chi connectivity index (χ4n) is 6.47. The molecule has 9 rings (SSSR count). The summed E-state index contributed by atoms with van der Waals surface area (Å²) >= 11 is 0. The number of hydrogen-bond donors (Lipinski definition) is 0. The van der Waals surface area contributed by atoms with Crippen molar-refractivity contribution in [1.82, 2.24) is 49.0 Å². The van der Waals surface area contributed by atoms with E-state index in [4.69, 9.17) is 14.2 Å². The number of pyridine rings is 2. The molecule has 0 spiro atoms. The fourth-order valence-corrected chi connectivity index (χ4v) is 6.47. The van der Waals surface area contributed by atoms with E-state index in [-0.39, 0.29) is 0 Å². The number of benzene rings is 2. The number of rotatable bonds is 12. The summed E-state index contributed by atoms with van der Waals surface area (Å²) < 4.78 is 20.7. The van der Waals surface area contributed by atoms with Crippen molar-refractivity contribution in [3.05, 3.63) is 135 Å². The van der Waals surface area contributed by atoms with Crippen molar-refractivity contribution in [2.75, 3.05) is 60.3 Å². The lowest BCUT2D eigenvalue weighted by atomic mass is 10.1. The second kappa shape index (κ2) is 17.9. The van der Waals surface area contributed by atoms with E-state index < -0.39 is 0 Å². The normalized spacial score (nSPS) is 13.1. The first-order chi connectivity index (χ1) is 28.1. The molecule has 1 aliphatic rings. The van der Waals surface area contributed by atoms with E-state index in [9.17, 15) is 0 Å². The van der Waals surface area contributed by atoms with Crippen LogP contribution in [0.15, 0.2) is 135 Å². The van der Waals surface area contributed by atoms with Crippen molar-refractivity contribution >= 4 is 11.3 Å². The standard InChI is InChI=1S/C22H21N5O2.C22H23N5O/c1-3-20(29-16-26-9-11-28-12-10-26)4-2-17(1)19-13-24-22-21(14-25-27(22)15-19)18-5-7-23-8-6-18;1-26(2)12-3-13-28-20-6-4-17(5-7-20)19-14-24-22-21(15-25-27(22)16-19)18-8-10-23-11-9-18/h1-8,13-15H,9-12,16H2;4-11,14-16H,3,12-13H2,1-2H3. The number of hydrogen-bond acceptors (Lipinski definition) is 11. The molecule has 6 aromatic heterocycles. The molecule has 1 aliphatic heterocycles. The summed E-state index contributed by atoms with van der Waals surface area (Å²) in [5, 5.41) is 8.94. The molecule has 0 unspecified atom stereocenters. The molecule has 0 bridgehead atoms. The Labute approximate surface area is 331 Å². The summed E-state index contributed by atoms with van der Waals surface area (Å²) in [6, 6.07) is 24.0. The van der Waals surface area contributed by atoms with Crippen LogP contribution >= 0.6 is 0 Å². The van der Waals surface area contributed by atoms with Crippen LogP contribution in [-0.4, -0.2) is 109 Å². The third kappa shape index (κ3) is 9.30. The molecule has 0 radical (unpaired) electrons. The molecule has 2 aromatic carbocycles. The van der Waals surface area contributed by atoms with E-state index in [0.717, 1.165) is 113 Å². The molecule has 0 N–H and O–H groups in total. The van der Waals surface area contributed by atoms with Crippen molar-refractivity contribution < 1.29 is 14.2 Å². The third-order valence-electron chi connectivity index (χ3n) is 9.61. The van der Waals surface area contributed by atoms with Gasteiger partial charge in [0.15, 0.2) is 11.3 Å². The topological polar surface area (TPSA) is 120 Å². The highest BCUT2D eigenvalue weighted by atomic mass is 16.5. The van der Waals surface area contributed by atoms with Crippen molar-refractivity contribution in [1.29, 1.82) is 0 Å². The first kappa shape index (κ1) is 37.4. The quantitative estimate of drug-likeness (QED) is 0.121. The van der Waals surface area contributed by atoms with E-state index in [1.54, 1.807) is 24.8 Å². The molecule has 7 heterocycles. The zero-order chi connectivity index (χ0) is 38.8. The van der Waals surface area contributed by atoms with Crippen LogP contribution in [0.25, 0.3) is 55.8 Å². The molecule has 0 aliphatic carbocycles. The minimum absolute atomic E-state index is 0.585. The van der Waals surface area contributed by atoms with Gasteiger partial charge in [-0.1, -0.05) is 24.3 Å². The molecule has 288 valence electrons. The van der Waals surface area contributed by atoms with Gasteiger partial charge >= 0.3 is 0 Å². The van der Waals surface area contributed by atoms with Gasteiger partial charge < -0.3 is 19.1 Å². The second-order valence-electron chi connectivity index (χ2n) is 13.9. The van der Waals surface area contributed by atoms with Crippen molar-refractivity contribution in [3.8, 4) is 56.0 Å². The van der Waals surface area contributed by atoms with Crippen LogP contribution < -0.4 is 9.47 Å². The maximum atomic E-state index is 5.89. The van der Waals surface area contributed by atoms with Gasteiger partial charge in [-0.05, 0) is 91.3 Å². The molecule has 0 amide bonds. The SMILES string of the molecule is CN(C)CCCOc1ccc(-c2cnc3c(-c4ccncc4)cnn3c2)cc1.c1cc(-c2cnn3cc(-c4ccc(OCN5CCOCC5)cc4)cnc23)ccn1. The summed E-state index contributed by atoms with van der Waals surface area (Å²) in [6.45, 7) is 5.69. The van der Waals surface area contributed by atoms with Gasteiger partial charge in [-0.2, -0.15) is 10.2 Å². The number of nitrogens with zero attached hydrogens (tertiary/aromatic N) is 10. The summed E-state index contributed by atoms with van der Waals surface area (Å²) in [6.07, 6.45) is 19.5. The van der Waals surface area contributed by atoms with Gasteiger partial charge in [0.2, 0.25) is 0 Å². The predicted octanol–water partition coefficient (Wildman–Crippen LogP) is 6.92. The maximum Gasteiger partial charge on any atom is 0.162 e. The van der Waals surface area contributed by atoms with E-state index in [1.165, 1.54) is 0 Å². The summed E-state index contributed by atoms with van der Waals surface area (Å²) in [4.78, 5) is 21.8. The van der Waals surface area contributed by atoms with Gasteiger partial charge in [0.25, 0.3) is 0 Å². The second-order valence-corrected chi connectivity index (χ2v) is 13.9. The van der Waals surface area contributed by atoms with Crippen LogP contribution in [0.3, 0.4) is 0 Å².